The molecule has 7 heteroatoms. The first-order valence-electron chi connectivity index (χ1n) is 9.11. The lowest BCUT2D eigenvalue weighted by Crippen LogP contribution is -2.35. The molecular formula is C20H27F3N2O2. The minimum atomic E-state index is -4.73. The van der Waals surface area contributed by atoms with Crippen molar-refractivity contribution in [3.63, 3.8) is 0 Å². The van der Waals surface area contributed by atoms with Gasteiger partial charge in [-0.05, 0) is 30.7 Å². The van der Waals surface area contributed by atoms with E-state index in [-0.39, 0.29) is 11.7 Å². The van der Waals surface area contributed by atoms with E-state index in [9.17, 15) is 18.0 Å². The van der Waals surface area contributed by atoms with Crippen LogP contribution in [0, 0.1) is 6.92 Å². The van der Waals surface area contributed by atoms with Gasteiger partial charge in [0.15, 0.2) is 0 Å². The van der Waals surface area contributed by atoms with E-state index in [1.54, 1.807) is 12.1 Å². The van der Waals surface area contributed by atoms with Gasteiger partial charge in [0.2, 0.25) is 0 Å². The molecule has 1 aliphatic rings. The van der Waals surface area contributed by atoms with Crippen LogP contribution in [0.1, 0.15) is 50.3 Å². The van der Waals surface area contributed by atoms with Crippen molar-refractivity contribution in [3.05, 3.63) is 41.7 Å². The Morgan fingerprint density at radius 2 is 1.81 bits per heavy atom. The van der Waals surface area contributed by atoms with Gasteiger partial charge >= 0.3 is 6.36 Å². The summed E-state index contributed by atoms with van der Waals surface area (Å²) in [6.45, 7) is 11.3. The second kappa shape index (κ2) is 10.0. The van der Waals surface area contributed by atoms with E-state index in [1.165, 1.54) is 24.6 Å². The average molecular weight is 384 g/mol. The van der Waals surface area contributed by atoms with Gasteiger partial charge < -0.3 is 14.6 Å². The lowest BCUT2D eigenvalue weighted by Gasteiger charge is -2.17. The Hall–Kier alpha value is -2.44. The summed E-state index contributed by atoms with van der Waals surface area (Å²) in [5, 5.41) is 2.74. The van der Waals surface area contributed by atoms with Crippen molar-refractivity contribution in [2.75, 3.05) is 6.54 Å². The molecule has 0 aliphatic carbocycles. The number of hydrogen-bond donors (Lipinski definition) is 1. The van der Waals surface area contributed by atoms with Crippen LogP contribution in [0.5, 0.6) is 5.75 Å². The predicted molar refractivity (Wildman–Crippen MR) is 101 cm³/mol. The van der Waals surface area contributed by atoms with Crippen LogP contribution in [0.4, 0.5) is 13.2 Å². The fourth-order valence-electron chi connectivity index (χ4n) is 2.65. The lowest BCUT2D eigenvalue weighted by molar-refractivity contribution is -0.274. The largest absolute Gasteiger partial charge is 0.573 e. The topological polar surface area (TPSA) is 43.3 Å². The quantitative estimate of drug-likeness (QED) is 0.738. The summed E-state index contributed by atoms with van der Waals surface area (Å²) in [6, 6.07) is 7.44. The fourth-order valence-corrected chi connectivity index (χ4v) is 2.65. The monoisotopic (exact) mass is 384 g/mol. The summed E-state index contributed by atoms with van der Waals surface area (Å²) < 4.78 is 42.7. The second-order valence-electron chi connectivity index (χ2n) is 5.72. The van der Waals surface area contributed by atoms with Gasteiger partial charge in [0.05, 0.1) is 0 Å². The standard InChI is InChI=1S/C15H13F3N2O2.C3H8.C2H6/c1-9-12(8-13-14(21)19-5-6-20(9)13)10-3-2-4-11(7-10)22-15(16,17)18;1-3-2;1-2/h2-4,7-8H,5-6H2,1H3,(H,19,21);3H2,1-2H3;1-2H3. The maximum Gasteiger partial charge on any atom is 0.573 e. The Balaban J connectivity index is 0.000000665. The first-order valence-corrected chi connectivity index (χ1v) is 9.11. The number of rotatable bonds is 2. The summed E-state index contributed by atoms with van der Waals surface area (Å²) in [4.78, 5) is 11.8. The maximum atomic E-state index is 12.3. The van der Waals surface area contributed by atoms with Crippen LogP contribution in [-0.4, -0.2) is 23.4 Å². The third kappa shape index (κ3) is 6.05. The number of benzene rings is 1. The van der Waals surface area contributed by atoms with Gasteiger partial charge in [-0.15, -0.1) is 13.2 Å². The number of hydrogen-bond acceptors (Lipinski definition) is 2. The number of fused-ring (bicyclic) bond motifs is 1. The average Bonchev–Trinajstić information content (AvgIpc) is 2.95. The summed E-state index contributed by atoms with van der Waals surface area (Å²) in [5.74, 6) is -0.457. The van der Waals surface area contributed by atoms with E-state index in [0.717, 1.165) is 11.3 Å². The Labute approximate surface area is 158 Å². The number of aromatic nitrogens is 1. The van der Waals surface area contributed by atoms with Gasteiger partial charge in [-0.2, -0.15) is 0 Å². The molecule has 3 rings (SSSR count). The lowest BCUT2D eigenvalue weighted by atomic mass is 10.1. The van der Waals surface area contributed by atoms with Crippen LogP contribution >= 0.6 is 0 Å². The highest BCUT2D eigenvalue weighted by Gasteiger charge is 2.31. The molecule has 0 bridgehead atoms. The number of alkyl halides is 3. The number of nitrogens with zero attached hydrogens (tertiary/aromatic N) is 1. The number of carbonyl (C=O) groups excluding carboxylic acids is 1. The van der Waals surface area contributed by atoms with Crippen LogP contribution in [0.15, 0.2) is 30.3 Å². The molecule has 2 heterocycles. The molecule has 2 aromatic rings. The molecule has 0 atom stereocenters. The molecule has 0 saturated heterocycles. The molecule has 27 heavy (non-hydrogen) atoms. The van der Waals surface area contributed by atoms with Crippen molar-refractivity contribution in [2.24, 2.45) is 0 Å². The summed E-state index contributed by atoms with van der Waals surface area (Å²) >= 11 is 0. The van der Waals surface area contributed by atoms with E-state index in [1.807, 2.05) is 25.3 Å². The molecule has 1 aromatic carbocycles. The molecule has 1 aromatic heterocycles. The highest BCUT2D eigenvalue weighted by molar-refractivity contribution is 5.95. The van der Waals surface area contributed by atoms with E-state index < -0.39 is 6.36 Å². The van der Waals surface area contributed by atoms with Gasteiger partial charge in [0.1, 0.15) is 11.4 Å². The van der Waals surface area contributed by atoms with Crippen LogP contribution in [0.25, 0.3) is 11.1 Å². The summed E-state index contributed by atoms with van der Waals surface area (Å²) in [5.41, 5.74) is 2.66. The zero-order chi connectivity index (χ0) is 20.6. The minimum Gasteiger partial charge on any atom is -0.406 e. The number of halogens is 3. The fraction of sp³-hybridized carbons (Fsp3) is 0.450. The van der Waals surface area contributed by atoms with Gasteiger partial charge in [-0.25, -0.2) is 0 Å². The van der Waals surface area contributed by atoms with E-state index in [2.05, 4.69) is 23.9 Å². The Morgan fingerprint density at radius 3 is 2.37 bits per heavy atom. The first kappa shape index (κ1) is 22.6. The number of nitrogens with one attached hydrogen (secondary N) is 1. The molecule has 0 spiro atoms. The van der Waals surface area contributed by atoms with E-state index in [4.69, 9.17) is 0 Å². The van der Waals surface area contributed by atoms with Crippen molar-refractivity contribution in [1.82, 2.24) is 9.88 Å². The zero-order valence-electron chi connectivity index (χ0n) is 16.4. The molecule has 4 nitrogen and oxygen atoms in total. The highest BCUT2D eigenvalue weighted by Crippen LogP contribution is 2.32. The van der Waals surface area contributed by atoms with Crippen LogP contribution in [0.2, 0.25) is 0 Å². The van der Waals surface area contributed by atoms with Gasteiger partial charge in [0.25, 0.3) is 5.91 Å². The second-order valence-corrected chi connectivity index (χ2v) is 5.72. The Morgan fingerprint density at radius 1 is 1.19 bits per heavy atom. The van der Waals surface area contributed by atoms with Gasteiger partial charge in [0, 0.05) is 24.3 Å². The molecule has 0 unspecified atom stereocenters. The molecule has 1 aliphatic heterocycles. The molecule has 1 amide bonds. The SMILES string of the molecule is CC.CCC.Cc1c(-c2cccc(OC(F)(F)F)c2)cc2n1CCNC2=O. The highest BCUT2D eigenvalue weighted by atomic mass is 19.4. The summed E-state index contributed by atoms with van der Waals surface area (Å²) in [6.07, 6.45) is -3.48. The zero-order valence-corrected chi connectivity index (χ0v) is 16.4. The smallest absolute Gasteiger partial charge is 0.406 e. The van der Waals surface area contributed by atoms with E-state index >= 15 is 0 Å². The van der Waals surface area contributed by atoms with Gasteiger partial charge in [-0.3, -0.25) is 4.79 Å². The normalized spacial score (nSPS) is 12.7. The third-order valence-corrected chi connectivity index (χ3v) is 3.60. The Kier molecular flexibility index (Phi) is 8.40. The summed E-state index contributed by atoms with van der Waals surface area (Å²) in [7, 11) is 0. The molecule has 0 fully saturated rings. The van der Waals surface area contributed by atoms with Crippen molar-refractivity contribution < 1.29 is 22.7 Å². The number of carbonyl (C=O) groups is 1. The first-order chi connectivity index (χ1) is 12.8. The van der Waals surface area contributed by atoms with Gasteiger partial charge in [-0.1, -0.05) is 46.2 Å². The minimum absolute atomic E-state index is 0.178. The molecular weight excluding hydrogens is 357 g/mol. The predicted octanol–water partition coefficient (Wildman–Crippen LogP) is 5.55. The molecule has 1 N–H and O–H groups in total. The molecule has 150 valence electrons. The van der Waals surface area contributed by atoms with Crippen molar-refractivity contribution in [2.45, 2.75) is 53.9 Å². The van der Waals surface area contributed by atoms with Crippen LogP contribution in [-0.2, 0) is 6.54 Å². The number of amides is 1. The molecule has 0 saturated carbocycles. The van der Waals surface area contributed by atoms with E-state index in [0.29, 0.717) is 24.3 Å². The van der Waals surface area contributed by atoms with Crippen molar-refractivity contribution in [1.29, 1.82) is 0 Å². The third-order valence-electron chi connectivity index (χ3n) is 3.60. The van der Waals surface area contributed by atoms with Crippen molar-refractivity contribution in [3.8, 4) is 16.9 Å². The van der Waals surface area contributed by atoms with Crippen LogP contribution in [0.3, 0.4) is 0 Å². The number of ether oxygens (including phenoxy) is 1. The molecule has 0 radical (unpaired) electrons. The van der Waals surface area contributed by atoms with Crippen LogP contribution < -0.4 is 10.1 Å². The van der Waals surface area contributed by atoms with Crippen molar-refractivity contribution >= 4 is 5.91 Å². The maximum absolute atomic E-state index is 12.3. The Bertz CT molecular complexity index is 752.